The summed E-state index contributed by atoms with van der Waals surface area (Å²) in [6.07, 6.45) is 46.0. The zero-order valence-electron chi connectivity index (χ0n) is 38.4. The number of carbonyl (C=O) groups is 2. The molecule has 0 aliphatic rings. The summed E-state index contributed by atoms with van der Waals surface area (Å²) < 4.78 is 32.7. The van der Waals surface area contributed by atoms with Crippen LogP contribution in [-0.4, -0.2) is 71.7 Å². The number of allylic oxidation sites excluding steroid dienone is 7. The summed E-state index contributed by atoms with van der Waals surface area (Å²) in [7, 11) is -4.44. The van der Waals surface area contributed by atoms with Crippen LogP contribution in [0.2, 0.25) is 0 Å². The van der Waals surface area contributed by atoms with Gasteiger partial charge < -0.3 is 30.3 Å². The maximum absolute atomic E-state index is 12.6. The molecule has 0 aromatic rings. The first-order valence-corrected chi connectivity index (χ1v) is 25.5. The zero-order valence-corrected chi connectivity index (χ0v) is 39.3. The fourth-order valence-corrected chi connectivity index (χ4v) is 7.18. The quantitative estimate of drug-likeness (QED) is 0.0151. The first kappa shape index (κ1) is 58.6. The van der Waals surface area contributed by atoms with E-state index in [4.69, 9.17) is 24.3 Å². The van der Waals surface area contributed by atoms with Crippen molar-refractivity contribution in [2.75, 3.05) is 26.4 Å². The smallest absolute Gasteiger partial charge is 0.462 e. The molecule has 354 valence electrons. The van der Waals surface area contributed by atoms with E-state index in [1.165, 1.54) is 116 Å². The minimum atomic E-state index is -4.44. The summed E-state index contributed by atoms with van der Waals surface area (Å²) in [5.41, 5.74) is 5.34. The van der Waals surface area contributed by atoms with Crippen molar-refractivity contribution in [3.63, 3.8) is 0 Å². The van der Waals surface area contributed by atoms with Gasteiger partial charge in [0.15, 0.2) is 6.10 Å². The number of aliphatic hydroxyl groups is 2. The molecule has 61 heavy (non-hydrogen) atoms. The van der Waals surface area contributed by atoms with Crippen LogP contribution in [0.4, 0.5) is 0 Å². The highest BCUT2D eigenvalue weighted by atomic mass is 31.2. The Labute approximate surface area is 371 Å². The first-order chi connectivity index (χ1) is 29.6. The number of hydrogen-bond acceptors (Lipinski definition) is 10. The number of esters is 2. The molecule has 5 N–H and O–H groups in total. The van der Waals surface area contributed by atoms with Gasteiger partial charge in [0.25, 0.3) is 0 Å². The molecular weight excluding hydrogens is 794 g/mol. The Morgan fingerprint density at radius 2 is 1.05 bits per heavy atom. The Hall–Kier alpha value is -2.37. The van der Waals surface area contributed by atoms with Crippen molar-refractivity contribution in [3.8, 4) is 0 Å². The van der Waals surface area contributed by atoms with Gasteiger partial charge in [-0.1, -0.05) is 177 Å². The summed E-state index contributed by atoms with van der Waals surface area (Å²) in [6.45, 7) is 3.39. The van der Waals surface area contributed by atoms with Gasteiger partial charge in [-0.05, 0) is 64.2 Å². The number of aliphatic hydroxyl groups excluding tert-OH is 2. The number of hydrogen-bond donors (Lipinski definition) is 4. The summed E-state index contributed by atoms with van der Waals surface area (Å²) in [4.78, 5) is 35.0. The molecule has 0 bridgehead atoms. The molecule has 0 spiro atoms. The van der Waals surface area contributed by atoms with Gasteiger partial charge in [-0.3, -0.25) is 18.6 Å². The third-order valence-electron chi connectivity index (χ3n) is 10.1. The summed E-state index contributed by atoms with van der Waals surface area (Å²) in [5.74, 6) is -1.07. The molecular formula is C49H88NO10P. The normalized spacial score (nSPS) is 14.8. The highest BCUT2D eigenvalue weighted by molar-refractivity contribution is 7.47. The van der Waals surface area contributed by atoms with E-state index in [2.05, 4.69) is 32.1 Å². The van der Waals surface area contributed by atoms with Gasteiger partial charge in [0.05, 0.1) is 25.4 Å². The summed E-state index contributed by atoms with van der Waals surface area (Å²) in [5, 5.41) is 20.3. The SMILES string of the molecule is CCCCC/C=C\C[C@@H](O)/C=C/C=C/C=C\[C@@H](O)CCCC(=O)OC[C@H](COP(=O)(O)OCCN)OC(=O)CCCCCCCCCCCCC/C=C\CCCCCCCC. The lowest BCUT2D eigenvalue weighted by Crippen LogP contribution is -2.29. The second-order valence-electron chi connectivity index (χ2n) is 16.0. The number of unbranched alkanes of at least 4 members (excludes halogenated alkanes) is 20. The van der Waals surface area contributed by atoms with Crippen LogP contribution in [0.15, 0.2) is 60.8 Å². The topological polar surface area (TPSA) is 175 Å². The molecule has 0 fully saturated rings. The molecule has 11 nitrogen and oxygen atoms in total. The minimum Gasteiger partial charge on any atom is -0.462 e. The number of phosphoric ester groups is 1. The lowest BCUT2D eigenvalue weighted by molar-refractivity contribution is -0.161. The van der Waals surface area contributed by atoms with Gasteiger partial charge >= 0.3 is 19.8 Å². The van der Waals surface area contributed by atoms with Gasteiger partial charge in [0.2, 0.25) is 0 Å². The van der Waals surface area contributed by atoms with E-state index in [0.29, 0.717) is 25.7 Å². The molecule has 0 aliphatic carbocycles. The van der Waals surface area contributed by atoms with Crippen LogP contribution in [0.3, 0.4) is 0 Å². The average molecular weight is 882 g/mol. The van der Waals surface area contributed by atoms with Gasteiger partial charge in [-0.15, -0.1) is 0 Å². The van der Waals surface area contributed by atoms with Crippen molar-refractivity contribution in [2.24, 2.45) is 5.73 Å². The van der Waals surface area contributed by atoms with Gasteiger partial charge in [-0.2, -0.15) is 0 Å². The van der Waals surface area contributed by atoms with E-state index >= 15 is 0 Å². The molecule has 0 aromatic heterocycles. The Morgan fingerprint density at radius 1 is 0.574 bits per heavy atom. The summed E-state index contributed by atoms with van der Waals surface area (Å²) in [6, 6.07) is 0. The van der Waals surface area contributed by atoms with E-state index < -0.39 is 44.7 Å². The van der Waals surface area contributed by atoms with Crippen molar-refractivity contribution >= 4 is 19.8 Å². The second-order valence-corrected chi connectivity index (χ2v) is 17.5. The van der Waals surface area contributed by atoms with Crippen molar-refractivity contribution in [3.05, 3.63) is 60.8 Å². The number of ether oxygens (including phenoxy) is 2. The van der Waals surface area contributed by atoms with E-state index in [0.717, 1.165) is 25.7 Å². The van der Waals surface area contributed by atoms with Crippen LogP contribution in [0, 0.1) is 0 Å². The molecule has 0 radical (unpaired) electrons. The van der Waals surface area contributed by atoms with Crippen LogP contribution in [0.5, 0.6) is 0 Å². The maximum Gasteiger partial charge on any atom is 0.472 e. The first-order valence-electron chi connectivity index (χ1n) is 24.0. The van der Waals surface area contributed by atoms with Crippen molar-refractivity contribution in [1.29, 1.82) is 0 Å². The highest BCUT2D eigenvalue weighted by Crippen LogP contribution is 2.43. The average Bonchev–Trinajstić information content (AvgIpc) is 3.24. The Kier molecular flexibility index (Phi) is 42.5. The van der Waals surface area contributed by atoms with Crippen molar-refractivity contribution in [2.45, 2.75) is 212 Å². The van der Waals surface area contributed by atoms with Gasteiger partial charge in [-0.25, -0.2) is 4.57 Å². The van der Waals surface area contributed by atoms with Gasteiger partial charge in [0, 0.05) is 19.4 Å². The van der Waals surface area contributed by atoms with Crippen molar-refractivity contribution < 1.29 is 47.8 Å². The molecule has 0 saturated heterocycles. The van der Waals surface area contributed by atoms with Gasteiger partial charge in [0.1, 0.15) is 6.61 Å². The fourth-order valence-electron chi connectivity index (χ4n) is 6.41. The highest BCUT2D eigenvalue weighted by Gasteiger charge is 2.26. The molecule has 0 amide bonds. The largest absolute Gasteiger partial charge is 0.472 e. The van der Waals surface area contributed by atoms with Crippen LogP contribution in [0.1, 0.15) is 194 Å². The van der Waals surface area contributed by atoms with E-state index in [9.17, 15) is 29.3 Å². The molecule has 0 heterocycles. The number of nitrogens with two attached hydrogens (primary N) is 1. The van der Waals surface area contributed by atoms with E-state index in [1.54, 1.807) is 36.5 Å². The lowest BCUT2D eigenvalue weighted by Gasteiger charge is -2.20. The fraction of sp³-hybridized carbons (Fsp3) is 0.755. The van der Waals surface area contributed by atoms with Crippen LogP contribution in [-0.2, 0) is 32.7 Å². The molecule has 12 heteroatoms. The van der Waals surface area contributed by atoms with E-state index in [1.807, 2.05) is 6.08 Å². The standard InChI is InChI=1S/C49H88NO10P/c1-3-5-7-9-11-12-13-14-15-16-17-18-19-20-21-22-23-24-25-27-33-39-49(54)60-47(44-59-61(55,56)58-42-41-50)43-57-48(53)40-34-38-46(52)37-32-29-28-31-36-45(51)35-30-26-10-8-6-4-2/h14-15,26,28-32,36-37,45-47,51-52H,3-13,16-25,27,33-35,38-44,50H2,1-2H3,(H,55,56)/b15-14-,29-28+,30-26-,36-31+,37-32-/t45-,46-,47-/m1/s1. The molecule has 0 aromatic carbocycles. The number of phosphoric acid groups is 1. The number of carbonyl (C=O) groups excluding carboxylic acids is 2. The third-order valence-corrected chi connectivity index (χ3v) is 11.1. The van der Waals surface area contributed by atoms with Crippen LogP contribution < -0.4 is 5.73 Å². The molecule has 1 unspecified atom stereocenters. The lowest BCUT2D eigenvalue weighted by atomic mass is 10.0. The third kappa shape index (κ3) is 44.0. The summed E-state index contributed by atoms with van der Waals surface area (Å²) >= 11 is 0. The maximum atomic E-state index is 12.6. The molecule has 0 saturated carbocycles. The number of rotatable bonds is 44. The molecule has 4 atom stereocenters. The van der Waals surface area contributed by atoms with Crippen LogP contribution >= 0.6 is 7.82 Å². The Bertz CT molecular complexity index is 1220. The molecule has 0 rings (SSSR count). The van der Waals surface area contributed by atoms with Crippen molar-refractivity contribution in [1.82, 2.24) is 0 Å². The predicted octanol–water partition coefficient (Wildman–Crippen LogP) is 12.0. The molecule has 0 aliphatic heterocycles. The monoisotopic (exact) mass is 882 g/mol. The van der Waals surface area contributed by atoms with E-state index in [-0.39, 0.29) is 32.6 Å². The second kappa shape index (κ2) is 44.2. The minimum absolute atomic E-state index is 0.0166. The Balaban J connectivity index is 4.31. The Morgan fingerprint density at radius 3 is 1.62 bits per heavy atom. The zero-order chi connectivity index (χ0) is 44.9. The predicted molar refractivity (Wildman–Crippen MR) is 250 cm³/mol. The van der Waals surface area contributed by atoms with Crippen LogP contribution in [0.25, 0.3) is 0 Å².